The van der Waals surface area contributed by atoms with E-state index in [1.165, 1.54) is 4.68 Å². The van der Waals surface area contributed by atoms with Crippen molar-refractivity contribution in [2.24, 2.45) is 5.14 Å². The largest absolute Gasteiger partial charge is 0.323 e. The zero-order valence-electron chi connectivity index (χ0n) is 10.9. The maximum absolute atomic E-state index is 11.0. The van der Waals surface area contributed by atoms with Crippen molar-refractivity contribution in [3.63, 3.8) is 0 Å². The number of nitrogens with two attached hydrogens (primary N) is 1. The molecule has 0 spiro atoms. The van der Waals surface area contributed by atoms with E-state index in [4.69, 9.17) is 5.14 Å². The summed E-state index contributed by atoms with van der Waals surface area (Å²) in [6.07, 6.45) is 0. The number of aryl methyl sites for hydroxylation is 1. The molecule has 2 N–H and O–H groups in total. The highest BCUT2D eigenvalue weighted by atomic mass is 32.2. The average Bonchev–Trinajstić information content (AvgIpc) is 2.53. The smallest absolute Gasteiger partial charge is 0.258 e. The lowest BCUT2D eigenvalue weighted by molar-refractivity contribution is -0.388. The normalized spacial score (nSPS) is 12.1. The van der Waals surface area contributed by atoms with Crippen LogP contribution < -0.4 is 5.14 Å². The first-order chi connectivity index (χ1) is 8.63. The predicted octanol–water partition coefficient (Wildman–Crippen LogP) is 1.06. The van der Waals surface area contributed by atoms with Gasteiger partial charge in [-0.1, -0.05) is 11.8 Å². The molecule has 0 atom stereocenters. The van der Waals surface area contributed by atoms with Crippen molar-refractivity contribution in [1.82, 2.24) is 9.78 Å². The topological polar surface area (TPSA) is 121 Å². The van der Waals surface area contributed by atoms with Gasteiger partial charge in [0, 0.05) is 11.8 Å². The van der Waals surface area contributed by atoms with Crippen LogP contribution in [-0.4, -0.2) is 34.6 Å². The van der Waals surface area contributed by atoms with E-state index in [2.05, 4.69) is 5.10 Å². The lowest BCUT2D eigenvalue weighted by Crippen LogP contribution is -2.18. The van der Waals surface area contributed by atoms with Crippen LogP contribution in [0.1, 0.15) is 25.6 Å². The molecule has 0 saturated carbocycles. The van der Waals surface area contributed by atoms with Gasteiger partial charge in [0.05, 0.1) is 10.7 Å². The number of hydrogen-bond donors (Lipinski definition) is 1. The van der Waals surface area contributed by atoms with Crippen molar-refractivity contribution in [2.75, 3.05) is 11.5 Å². The van der Waals surface area contributed by atoms with Gasteiger partial charge in [0.1, 0.15) is 5.69 Å². The first kappa shape index (κ1) is 15.9. The van der Waals surface area contributed by atoms with Crippen LogP contribution in [0, 0.1) is 17.0 Å². The van der Waals surface area contributed by atoms with Gasteiger partial charge in [-0.15, -0.1) is 0 Å². The van der Waals surface area contributed by atoms with Crippen LogP contribution in [0.2, 0.25) is 0 Å². The van der Waals surface area contributed by atoms with Crippen molar-refractivity contribution in [2.45, 2.75) is 31.8 Å². The number of sulfonamides is 1. The Morgan fingerprint density at radius 1 is 1.53 bits per heavy atom. The van der Waals surface area contributed by atoms with Crippen LogP contribution in [0.15, 0.2) is 5.03 Å². The van der Waals surface area contributed by atoms with Gasteiger partial charge in [-0.05, 0) is 20.8 Å². The Balaban J connectivity index is 3.05. The maximum Gasteiger partial charge on any atom is 0.323 e. The number of nitro groups is 1. The molecule has 1 aromatic rings. The molecular formula is C9H16N4O4S2. The third-order valence-electron chi connectivity index (χ3n) is 2.29. The van der Waals surface area contributed by atoms with Gasteiger partial charge in [-0.2, -0.15) is 5.10 Å². The molecule has 0 aliphatic rings. The summed E-state index contributed by atoms with van der Waals surface area (Å²) >= 11 is 1.08. The molecule has 8 nitrogen and oxygen atoms in total. The second-order valence-electron chi connectivity index (χ2n) is 4.25. The van der Waals surface area contributed by atoms with E-state index in [0.717, 1.165) is 11.8 Å². The first-order valence-corrected chi connectivity index (χ1v) is 8.20. The molecule has 0 aliphatic heterocycles. The Hall–Kier alpha value is -1.13. The zero-order chi connectivity index (χ0) is 14.8. The van der Waals surface area contributed by atoms with Crippen molar-refractivity contribution in [3.8, 4) is 0 Å². The molecular weight excluding hydrogens is 292 g/mol. The summed E-state index contributed by atoms with van der Waals surface area (Å²) in [5.74, 6) is -0.0886. The average molecular weight is 308 g/mol. The molecule has 0 fully saturated rings. The summed E-state index contributed by atoms with van der Waals surface area (Å²) in [5.41, 5.74) is 0.241. The Morgan fingerprint density at radius 2 is 2.11 bits per heavy atom. The minimum atomic E-state index is -3.57. The van der Waals surface area contributed by atoms with E-state index in [1.54, 1.807) is 6.92 Å². The Labute approximate surface area is 115 Å². The van der Waals surface area contributed by atoms with Gasteiger partial charge in [-0.3, -0.25) is 10.1 Å². The summed E-state index contributed by atoms with van der Waals surface area (Å²) in [4.78, 5) is 10.5. The lowest BCUT2D eigenvalue weighted by Gasteiger charge is -2.09. The molecule has 19 heavy (non-hydrogen) atoms. The van der Waals surface area contributed by atoms with Crippen molar-refractivity contribution in [1.29, 1.82) is 0 Å². The second kappa shape index (κ2) is 5.88. The van der Waals surface area contributed by atoms with Crippen LogP contribution in [0.25, 0.3) is 0 Å². The SMILES string of the molecule is Cc1nn(C(C)C)c(SCCS(N)(=O)=O)c1[N+](=O)[O-]. The molecule has 10 heteroatoms. The fraction of sp³-hybridized carbons (Fsp3) is 0.667. The van der Waals surface area contributed by atoms with E-state index in [1.807, 2.05) is 13.8 Å². The molecule has 0 aliphatic carbocycles. The fourth-order valence-electron chi connectivity index (χ4n) is 1.47. The minimum absolute atomic E-state index is 0.0515. The highest BCUT2D eigenvalue weighted by molar-refractivity contribution is 8.00. The third kappa shape index (κ3) is 4.18. The van der Waals surface area contributed by atoms with Gasteiger partial charge < -0.3 is 0 Å². The maximum atomic E-state index is 11.0. The molecule has 0 saturated heterocycles. The quantitative estimate of drug-likeness (QED) is 0.476. The number of thioether (sulfide) groups is 1. The van der Waals surface area contributed by atoms with Gasteiger partial charge >= 0.3 is 5.69 Å². The summed E-state index contributed by atoms with van der Waals surface area (Å²) in [5, 5.41) is 20.4. The number of primary sulfonamides is 1. The van der Waals surface area contributed by atoms with Crippen LogP contribution in [0.3, 0.4) is 0 Å². The van der Waals surface area contributed by atoms with E-state index in [9.17, 15) is 18.5 Å². The van der Waals surface area contributed by atoms with E-state index >= 15 is 0 Å². The third-order valence-corrected chi connectivity index (χ3v) is 4.38. The van der Waals surface area contributed by atoms with Crippen molar-refractivity contribution < 1.29 is 13.3 Å². The monoisotopic (exact) mass is 308 g/mol. The molecule has 0 unspecified atom stereocenters. The van der Waals surface area contributed by atoms with Crippen LogP contribution in [0.5, 0.6) is 0 Å². The molecule has 1 aromatic heterocycles. The number of aromatic nitrogens is 2. The van der Waals surface area contributed by atoms with Crippen LogP contribution >= 0.6 is 11.8 Å². The molecule has 108 valence electrons. The predicted molar refractivity (Wildman–Crippen MR) is 72.7 cm³/mol. The number of hydrogen-bond acceptors (Lipinski definition) is 6. The minimum Gasteiger partial charge on any atom is -0.258 e. The molecule has 0 amide bonds. The van der Waals surface area contributed by atoms with Gasteiger partial charge in [0.25, 0.3) is 0 Å². The van der Waals surface area contributed by atoms with Crippen molar-refractivity contribution in [3.05, 3.63) is 15.8 Å². The van der Waals surface area contributed by atoms with Crippen molar-refractivity contribution >= 4 is 27.5 Å². The highest BCUT2D eigenvalue weighted by Gasteiger charge is 2.26. The van der Waals surface area contributed by atoms with Gasteiger partial charge in [0.15, 0.2) is 5.03 Å². The zero-order valence-corrected chi connectivity index (χ0v) is 12.5. The van der Waals surface area contributed by atoms with E-state index < -0.39 is 14.9 Å². The Bertz CT molecular complexity index is 579. The van der Waals surface area contributed by atoms with E-state index in [0.29, 0.717) is 10.7 Å². The fourth-order valence-corrected chi connectivity index (χ4v) is 3.67. The molecule has 0 bridgehead atoms. The number of nitrogens with zero attached hydrogens (tertiary/aromatic N) is 3. The second-order valence-corrected chi connectivity index (χ2v) is 7.07. The summed E-state index contributed by atoms with van der Waals surface area (Å²) < 4.78 is 23.3. The summed E-state index contributed by atoms with van der Waals surface area (Å²) in [6, 6.07) is -0.0515. The van der Waals surface area contributed by atoms with E-state index in [-0.39, 0.29) is 23.2 Å². The van der Waals surface area contributed by atoms with Gasteiger partial charge in [0.2, 0.25) is 10.0 Å². The summed E-state index contributed by atoms with van der Waals surface area (Å²) in [7, 11) is -3.57. The standard InChI is InChI=1S/C9H16N4O4S2/c1-6(2)12-9(18-4-5-19(10,16)17)8(13(14)15)7(3)11-12/h6H,4-5H2,1-3H3,(H2,10,16,17). The first-order valence-electron chi connectivity index (χ1n) is 5.50. The summed E-state index contributed by atoms with van der Waals surface area (Å²) in [6.45, 7) is 5.25. The van der Waals surface area contributed by atoms with Gasteiger partial charge in [-0.25, -0.2) is 18.2 Å². The van der Waals surface area contributed by atoms with Crippen LogP contribution in [-0.2, 0) is 10.0 Å². The lowest BCUT2D eigenvalue weighted by atomic mass is 10.4. The number of rotatable bonds is 6. The highest BCUT2D eigenvalue weighted by Crippen LogP contribution is 2.33. The van der Waals surface area contributed by atoms with Crippen LogP contribution in [0.4, 0.5) is 5.69 Å². The molecule has 1 heterocycles. The molecule has 0 radical (unpaired) electrons. The molecule has 0 aromatic carbocycles. The molecule has 1 rings (SSSR count). The Morgan fingerprint density at radius 3 is 2.53 bits per heavy atom. The Kier molecular flexibility index (Phi) is 4.93.